The van der Waals surface area contributed by atoms with Crippen LogP contribution in [0.4, 0.5) is 20.2 Å². The number of nitro groups is 1. The second kappa shape index (κ2) is 6.96. The molecule has 6 nitrogen and oxygen atoms in total. The number of ether oxygens (including phenoxy) is 1. The fraction of sp³-hybridized carbons (Fsp3) is 0.462. The van der Waals surface area contributed by atoms with Gasteiger partial charge in [0.15, 0.2) is 0 Å². The predicted molar refractivity (Wildman–Crippen MR) is 71.9 cm³/mol. The molecule has 1 aromatic rings. The van der Waals surface area contributed by atoms with Crippen LogP contribution in [0, 0.1) is 27.7 Å². The minimum Gasteiger partial charge on any atom is -0.467 e. The lowest BCUT2D eigenvalue weighted by molar-refractivity contribution is -0.386. The molecule has 0 spiro atoms. The van der Waals surface area contributed by atoms with Crippen molar-refractivity contribution < 1.29 is 23.2 Å². The highest BCUT2D eigenvalue weighted by atomic mass is 19.1. The van der Waals surface area contributed by atoms with Gasteiger partial charge in [-0.3, -0.25) is 10.1 Å². The molecule has 0 aliphatic carbocycles. The number of benzene rings is 1. The van der Waals surface area contributed by atoms with Crippen LogP contribution < -0.4 is 5.32 Å². The van der Waals surface area contributed by atoms with E-state index in [4.69, 9.17) is 0 Å². The molecule has 0 fully saturated rings. The molecule has 0 saturated heterocycles. The van der Waals surface area contributed by atoms with E-state index in [0.717, 1.165) is 13.2 Å². The molecule has 0 saturated carbocycles. The van der Waals surface area contributed by atoms with Gasteiger partial charge in [-0.05, 0) is 12.3 Å². The molecule has 1 atom stereocenters. The van der Waals surface area contributed by atoms with E-state index in [0.29, 0.717) is 12.5 Å². The zero-order chi connectivity index (χ0) is 16.2. The summed E-state index contributed by atoms with van der Waals surface area (Å²) in [5, 5.41) is 13.4. The van der Waals surface area contributed by atoms with E-state index < -0.39 is 39.9 Å². The molecule has 0 aromatic heterocycles. The third kappa shape index (κ3) is 4.37. The van der Waals surface area contributed by atoms with Crippen LogP contribution in [0.5, 0.6) is 0 Å². The fourth-order valence-corrected chi connectivity index (χ4v) is 1.88. The van der Waals surface area contributed by atoms with Crippen molar-refractivity contribution in [3.8, 4) is 0 Å². The fourth-order valence-electron chi connectivity index (χ4n) is 1.88. The van der Waals surface area contributed by atoms with Gasteiger partial charge in [0.1, 0.15) is 17.5 Å². The summed E-state index contributed by atoms with van der Waals surface area (Å²) in [6, 6.07) is 0.256. The SMILES string of the molecule is COC(=O)C(CC(C)C)Nc1cc(F)cc(F)c1[N+](=O)[O-]. The maximum Gasteiger partial charge on any atom is 0.328 e. The van der Waals surface area contributed by atoms with E-state index >= 15 is 0 Å². The molecule has 0 radical (unpaired) electrons. The summed E-state index contributed by atoms with van der Waals surface area (Å²) in [6.45, 7) is 3.66. The Kier molecular flexibility index (Phi) is 5.57. The molecule has 1 rings (SSSR count). The van der Waals surface area contributed by atoms with Crippen molar-refractivity contribution in [1.29, 1.82) is 0 Å². The average molecular weight is 302 g/mol. The van der Waals surface area contributed by atoms with Gasteiger partial charge in [0, 0.05) is 12.1 Å². The van der Waals surface area contributed by atoms with Crippen molar-refractivity contribution in [3.63, 3.8) is 0 Å². The molecule has 1 aromatic carbocycles. The zero-order valence-corrected chi connectivity index (χ0v) is 11.9. The van der Waals surface area contributed by atoms with Crippen molar-refractivity contribution in [2.24, 2.45) is 5.92 Å². The first-order valence-electron chi connectivity index (χ1n) is 6.24. The van der Waals surface area contributed by atoms with Gasteiger partial charge in [0.2, 0.25) is 5.82 Å². The molecule has 0 heterocycles. The van der Waals surface area contributed by atoms with E-state index in [-0.39, 0.29) is 5.92 Å². The van der Waals surface area contributed by atoms with E-state index in [2.05, 4.69) is 10.1 Å². The van der Waals surface area contributed by atoms with Crippen LogP contribution in [0.2, 0.25) is 0 Å². The van der Waals surface area contributed by atoms with Gasteiger partial charge in [0.25, 0.3) is 0 Å². The Hall–Kier alpha value is -2.25. The standard InChI is InChI=1S/C13H16F2N2O4/c1-7(2)4-11(13(18)21-3)16-10-6-8(14)5-9(15)12(10)17(19)20/h5-7,11,16H,4H2,1-3H3. The normalized spacial score (nSPS) is 12.1. The van der Waals surface area contributed by atoms with Crippen LogP contribution in [0.25, 0.3) is 0 Å². The van der Waals surface area contributed by atoms with Crippen molar-refractivity contribution in [2.45, 2.75) is 26.3 Å². The number of carbonyl (C=O) groups is 1. The van der Waals surface area contributed by atoms with Crippen LogP contribution in [-0.2, 0) is 9.53 Å². The zero-order valence-electron chi connectivity index (χ0n) is 11.9. The summed E-state index contributed by atoms with van der Waals surface area (Å²) in [7, 11) is 1.16. The number of esters is 1. The van der Waals surface area contributed by atoms with E-state index in [1.54, 1.807) is 0 Å². The lowest BCUT2D eigenvalue weighted by Gasteiger charge is -2.19. The Bertz CT molecular complexity index is 549. The molecule has 21 heavy (non-hydrogen) atoms. The van der Waals surface area contributed by atoms with Gasteiger partial charge < -0.3 is 10.1 Å². The number of nitrogens with zero attached hydrogens (tertiary/aromatic N) is 1. The number of hydrogen-bond donors (Lipinski definition) is 1. The Morgan fingerprint density at radius 1 is 1.43 bits per heavy atom. The average Bonchev–Trinajstić information content (AvgIpc) is 2.35. The molecule has 1 unspecified atom stereocenters. The number of methoxy groups -OCH3 is 1. The number of nitro benzene ring substituents is 1. The Morgan fingerprint density at radius 2 is 2.05 bits per heavy atom. The summed E-state index contributed by atoms with van der Waals surface area (Å²) < 4.78 is 31.4. The molecule has 1 N–H and O–H groups in total. The first-order chi connectivity index (χ1) is 9.76. The van der Waals surface area contributed by atoms with Gasteiger partial charge >= 0.3 is 11.7 Å². The van der Waals surface area contributed by atoms with Crippen LogP contribution in [0.1, 0.15) is 20.3 Å². The molecule has 0 amide bonds. The third-order valence-corrected chi connectivity index (χ3v) is 2.73. The topological polar surface area (TPSA) is 81.5 Å². The lowest BCUT2D eigenvalue weighted by atomic mass is 10.0. The van der Waals surface area contributed by atoms with E-state index in [9.17, 15) is 23.7 Å². The smallest absolute Gasteiger partial charge is 0.328 e. The Labute approximate surface area is 120 Å². The van der Waals surface area contributed by atoms with Crippen molar-refractivity contribution in [3.05, 3.63) is 33.9 Å². The highest BCUT2D eigenvalue weighted by Gasteiger charge is 2.27. The highest BCUT2D eigenvalue weighted by molar-refractivity contribution is 5.80. The van der Waals surface area contributed by atoms with Crippen LogP contribution in [0.3, 0.4) is 0 Å². The van der Waals surface area contributed by atoms with Crippen molar-refractivity contribution in [1.82, 2.24) is 0 Å². The van der Waals surface area contributed by atoms with Crippen LogP contribution in [0.15, 0.2) is 12.1 Å². The Balaban J connectivity index is 3.19. The van der Waals surface area contributed by atoms with Gasteiger partial charge in [-0.2, -0.15) is 4.39 Å². The quantitative estimate of drug-likeness (QED) is 0.496. The van der Waals surface area contributed by atoms with Gasteiger partial charge in [0.05, 0.1) is 12.0 Å². The van der Waals surface area contributed by atoms with E-state index in [1.807, 2.05) is 13.8 Å². The molecular formula is C13H16F2N2O4. The molecule has 0 aliphatic heterocycles. The second-order valence-corrected chi connectivity index (χ2v) is 4.89. The first kappa shape index (κ1) is 16.8. The molecular weight excluding hydrogens is 286 g/mol. The number of halogens is 2. The maximum absolute atomic E-state index is 13.5. The van der Waals surface area contributed by atoms with Gasteiger partial charge in [-0.15, -0.1) is 0 Å². The maximum atomic E-state index is 13.5. The summed E-state index contributed by atoms with van der Waals surface area (Å²) >= 11 is 0. The number of anilines is 1. The number of nitrogens with one attached hydrogen (secondary N) is 1. The number of hydrogen-bond acceptors (Lipinski definition) is 5. The summed E-state index contributed by atoms with van der Waals surface area (Å²) in [6.07, 6.45) is 0.294. The van der Waals surface area contributed by atoms with E-state index in [1.165, 1.54) is 0 Å². The number of rotatable bonds is 6. The monoisotopic (exact) mass is 302 g/mol. The summed E-state index contributed by atoms with van der Waals surface area (Å²) in [5.41, 5.74) is -1.30. The predicted octanol–water partition coefficient (Wildman–Crippen LogP) is 2.87. The van der Waals surface area contributed by atoms with Crippen LogP contribution >= 0.6 is 0 Å². The van der Waals surface area contributed by atoms with Crippen LogP contribution in [-0.4, -0.2) is 24.0 Å². The molecule has 116 valence electrons. The third-order valence-electron chi connectivity index (χ3n) is 2.73. The largest absolute Gasteiger partial charge is 0.467 e. The minimum absolute atomic E-state index is 0.0686. The summed E-state index contributed by atoms with van der Waals surface area (Å²) in [5.74, 6) is -2.88. The molecule has 0 aliphatic rings. The second-order valence-electron chi connectivity index (χ2n) is 4.89. The van der Waals surface area contributed by atoms with Crippen molar-refractivity contribution >= 4 is 17.3 Å². The van der Waals surface area contributed by atoms with Gasteiger partial charge in [-0.1, -0.05) is 13.8 Å². The number of carbonyl (C=O) groups excluding carboxylic acids is 1. The minimum atomic E-state index is -1.31. The lowest BCUT2D eigenvalue weighted by Crippen LogP contribution is -2.32. The molecule has 0 bridgehead atoms. The highest BCUT2D eigenvalue weighted by Crippen LogP contribution is 2.30. The molecule has 8 heteroatoms. The Morgan fingerprint density at radius 3 is 2.52 bits per heavy atom. The van der Waals surface area contributed by atoms with Gasteiger partial charge in [-0.25, -0.2) is 9.18 Å². The first-order valence-corrected chi connectivity index (χ1v) is 6.24. The van der Waals surface area contributed by atoms with Crippen molar-refractivity contribution in [2.75, 3.05) is 12.4 Å². The summed E-state index contributed by atoms with van der Waals surface area (Å²) in [4.78, 5) is 21.6.